The molecule has 2 fully saturated rings. The van der Waals surface area contributed by atoms with Gasteiger partial charge in [0.1, 0.15) is 5.78 Å². The molecule has 19 heavy (non-hydrogen) atoms. The molecule has 2 bridgehead atoms. The summed E-state index contributed by atoms with van der Waals surface area (Å²) < 4.78 is 5.06. The van der Waals surface area contributed by atoms with Crippen LogP contribution in [0.25, 0.3) is 0 Å². The molecule has 0 aromatic heterocycles. The number of hydrogen-bond donors (Lipinski definition) is 1. The molecule has 0 unspecified atom stereocenters. The van der Waals surface area contributed by atoms with Crippen LogP contribution in [0.3, 0.4) is 0 Å². The SMILES string of the molecule is COC[C@H](C)NC(=O)[C@@]12CC[C@@](C)(C(=O)C1)C2(C)C. The Bertz CT molecular complexity index is 418. The highest BCUT2D eigenvalue weighted by atomic mass is 16.5. The molecule has 2 rings (SSSR count). The van der Waals surface area contributed by atoms with Crippen molar-refractivity contribution in [1.82, 2.24) is 5.32 Å². The first kappa shape index (κ1) is 14.5. The fourth-order valence-corrected chi connectivity index (χ4v) is 4.01. The normalized spacial score (nSPS) is 37.4. The molecular weight excluding hydrogens is 242 g/mol. The van der Waals surface area contributed by atoms with Gasteiger partial charge < -0.3 is 10.1 Å². The topological polar surface area (TPSA) is 55.4 Å². The van der Waals surface area contributed by atoms with Crippen molar-refractivity contribution in [2.24, 2.45) is 16.2 Å². The largest absolute Gasteiger partial charge is 0.383 e. The standard InChI is InChI=1S/C15H25NO3/c1-10(9-19-5)16-12(18)15-7-6-14(4,11(17)8-15)13(15,2)3/h10H,6-9H2,1-5H3,(H,16,18)/t10-,14-,15+/m0/s1. The molecule has 0 spiro atoms. The first-order chi connectivity index (χ1) is 8.71. The number of Topliss-reactive ketones (excluding diaryl/α,β-unsaturated/α-hetero) is 1. The maximum Gasteiger partial charge on any atom is 0.227 e. The molecule has 4 nitrogen and oxygen atoms in total. The summed E-state index contributed by atoms with van der Waals surface area (Å²) in [7, 11) is 1.62. The number of carbonyl (C=O) groups excluding carboxylic acids is 2. The zero-order valence-corrected chi connectivity index (χ0v) is 12.6. The molecular formula is C15H25NO3. The Kier molecular flexibility index (Phi) is 3.28. The Morgan fingerprint density at radius 2 is 2.00 bits per heavy atom. The van der Waals surface area contributed by atoms with Gasteiger partial charge in [0, 0.05) is 25.0 Å². The summed E-state index contributed by atoms with van der Waals surface area (Å²) in [5, 5.41) is 3.02. The van der Waals surface area contributed by atoms with Crippen LogP contribution in [0.4, 0.5) is 0 Å². The summed E-state index contributed by atoms with van der Waals surface area (Å²) in [6, 6.07) is -0.0229. The van der Waals surface area contributed by atoms with Crippen LogP contribution in [0.2, 0.25) is 0 Å². The van der Waals surface area contributed by atoms with Crippen molar-refractivity contribution >= 4 is 11.7 Å². The van der Waals surface area contributed by atoms with E-state index in [4.69, 9.17) is 4.74 Å². The first-order valence-electron chi connectivity index (χ1n) is 7.04. The van der Waals surface area contributed by atoms with E-state index in [1.165, 1.54) is 0 Å². The molecule has 2 saturated carbocycles. The van der Waals surface area contributed by atoms with Crippen LogP contribution in [0.15, 0.2) is 0 Å². The highest BCUT2D eigenvalue weighted by Gasteiger charge is 2.72. The van der Waals surface area contributed by atoms with E-state index in [-0.39, 0.29) is 28.6 Å². The molecule has 3 atom stereocenters. The molecule has 0 aromatic rings. The van der Waals surface area contributed by atoms with E-state index in [1.54, 1.807) is 7.11 Å². The Morgan fingerprint density at radius 3 is 2.42 bits per heavy atom. The number of fused-ring (bicyclic) bond motifs is 2. The molecule has 0 radical (unpaired) electrons. The van der Waals surface area contributed by atoms with Crippen molar-refractivity contribution in [2.45, 2.75) is 53.0 Å². The van der Waals surface area contributed by atoms with Gasteiger partial charge in [0.2, 0.25) is 5.91 Å². The maximum atomic E-state index is 12.7. The predicted octanol–water partition coefficient (Wildman–Crippen LogP) is 1.92. The van der Waals surface area contributed by atoms with Crippen molar-refractivity contribution < 1.29 is 14.3 Å². The Balaban J connectivity index is 2.24. The van der Waals surface area contributed by atoms with Crippen LogP contribution in [-0.2, 0) is 14.3 Å². The van der Waals surface area contributed by atoms with E-state index in [0.717, 1.165) is 12.8 Å². The summed E-state index contributed by atoms with van der Waals surface area (Å²) in [5.41, 5.74) is -1.14. The number of rotatable bonds is 4. The lowest BCUT2D eigenvalue weighted by Gasteiger charge is -2.39. The van der Waals surface area contributed by atoms with E-state index in [1.807, 2.05) is 13.8 Å². The lowest BCUT2D eigenvalue weighted by Crippen LogP contribution is -2.50. The second kappa shape index (κ2) is 4.30. The van der Waals surface area contributed by atoms with Crippen LogP contribution in [0, 0.1) is 16.2 Å². The lowest BCUT2D eigenvalue weighted by molar-refractivity contribution is -0.137. The number of amides is 1. The Hall–Kier alpha value is -0.900. The van der Waals surface area contributed by atoms with Gasteiger partial charge in [-0.15, -0.1) is 0 Å². The molecule has 0 aromatic carbocycles. The van der Waals surface area contributed by atoms with Gasteiger partial charge in [-0.1, -0.05) is 20.8 Å². The van der Waals surface area contributed by atoms with Crippen LogP contribution >= 0.6 is 0 Å². The monoisotopic (exact) mass is 267 g/mol. The highest BCUT2D eigenvalue weighted by Crippen LogP contribution is 2.70. The van der Waals surface area contributed by atoms with Gasteiger partial charge in [-0.05, 0) is 25.2 Å². The second-order valence-electron chi connectivity index (χ2n) is 6.97. The second-order valence-corrected chi connectivity index (χ2v) is 6.97. The van der Waals surface area contributed by atoms with Crippen molar-refractivity contribution in [1.29, 1.82) is 0 Å². The maximum absolute atomic E-state index is 12.7. The lowest BCUT2D eigenvalue weighted by atomic mass is 9.64. The Morgan fingerprint density at radius 1 is 1.37 bits per heavy atom. The summed E-state index contributed by atoms with van der Waals surface area (Å²) >= 11 is 0. The van der Waals surface area contributed by atoms with E-state index in [0.29, 0.717) is 13.0 Å². The molecule has 0 heterocycles. The number of ketones is 1. The third-order valence-corrected chi connectivity index (χ3v) is 5.93. The van der Waals surface area contributed by atoms with Crippen LogP contribution in [0.1, 0.15) is 47.0 Å². The fourth-order valence-electron chi connectivity index (χ4n) is 4.01. The summed E-state index contributed by atoms with van der Waals surface area (Å²) in [4.78, 5) is 25.0. The minimum atomic E-state index is -0.527. The van der Waals surface area contributed by atoms with Gasteiger partial charge in [0.05, 0.1) is 12.0 Å². The minimum absolute atomic E-state index is 0.0229. The fraction of sp³-hybridized carbons (Fsp3) is 0.867. The summed E-state index contributed by atoms with van der Waals surface area (Å²) in [6.07, 6.45) is 2.03. The first-order valence-corrected chi connectivity index (χ1v) is 7.04. The third kappa shape index (κ3) is 1.69. The van der Waals surface area contributed by atoms with Gasteiger partial charge in [-0.25, -0.2) is 0 Å². The quantitative estimate of drug-likeness (QED) is 0.846. The van der Waals surface area contributed by atoms with E-state index >= 15 is 0 Å². The average Bonchev–Trinajstić information content (AvgIpc) is 2.59. The molecule has 0 saturated heterocycles. The van der Waals surface area contributed by atoms with Crippen LogP contribution in [-0.4, -0.2) is 31.4 Å². The number of methoxy groups -OCH3 is 1. The van der Waals surface area contributed by atoms with Crippen LogP contribution < -0.4 is 5.32 Å². The number of carbonyl (C=O) groups is 2. The molecule has 1 amide bonds. The van der Waals surface area contributed by atoms with E-state index in [9.17, 15) is 9.59 Å². The predicted molar refractivity (Wildman–Crippen MR) is 72.7 cm³/mol. The summed E-state index contributed by atoms with van der Waals surface area (Å²) in [6.45, 7) is 8.59. The molecule has 0 aliphatic heterocycles. The molecule has 108 valence electrons. The van der Waals surface area contributed by atoms with Gasteiger partial charge in [0.15, 0.2) is 0 Å². The smallest absolute Gasteiger partial charge is 0.227 e. The van der Waals surface area contributed by atoms with Crippen molar-refractivity contribution in [3.05, 3.63) is 0 Å². The van der Waals surface area contributed by atoms with Crippen molar-refractivity contribution in [2.75, 3.05) is 13.7 Å². The van der Waals surface area contributed by atoms with E-state index < -0.39 is 5.41 Å². The Labute approximate surface area is 115 Å². The summed E-state index contributed by atoms with van der Waals surface area (Å²) in [5.74, 6) is 0.273. The van der Waals surface area contributed by atoms with Gasteiger partial charge in [-0.3, -0.25) is 9.59 Å². The third-order valence-electron chi connectivity index (χ3n) is 5.93. The molecule has 2 aliphatic carbocycles. The molecule has 1 N–H and O–H groups in total. The van der Waals surface area contributed by atoms with Gasteiger partial charge >= 0.3 is 0 Å². The number of hydrogen-bond acceptors (Lipinski definition) is 3. The number of ether oxygens (including phenoxy) is 1. The zero-order valence-electron chi connectivity index (χ0n) is 12.6. The highest BCUT2D eigenvalue weighted by molar-refractivity contribution is 5.99. The van der Waals surface area contributed by atoms with Gasteiger partial charge in [0.25, 0.3) is 0 Å². The number of nitrogens with one attached hydrogen (secondary N) is 1. The minimum Gasteiger partial charge on any atom is -0.383 e. The van der Waals surface area contributed by atoms with Crippen molar-refractivity contribution in [3.8, 4) is 0 Å². The molecule has 2 aliphatic rings. The van der Waals surface area contributed by atoms with E-state index in [2.05, 4.69) is 19.2 Å². The average molecular weight is 267 g/mol. The molecule has 4 heteroatoms. The van der Waals surface area contributed by atoms with Crippen LogP contribution in [0.5, 0.6) is 0 Å². The van der Waals surface area contributed by atoms with Crippen molar-refractivity contribution in [3.63, 3.8) is 0 Å². The van der Waals surface area contributed by atoms with Gasteiger partial charge in [-0.2, -0.15) is 0 Å². The zero-order chi connectivity index (χ0) is 14.5.